The number of ether oxygens (including phenoxy) is 1. The highest BCUT2D eigenvalue weighted by Crippen LogP contribution is 2.34. The van der Waals surface area contributed by atoms with E-state index in [-0.39, 0.29) is 29.5 Å². The van der Waals surface area contributed by atoms with Gasteiger partial charge in [0.15, 0.2) is 9.84 Å². The van der Waals surface area contributed by atoms with E-state index in [4.69, 9.17) is 4.74 Å². The number of pyridine rings is 1. The van der Waals surface area contributed by atoms with Gasteiger partial charge in [0.25, 0.3) is 5.91 Å². The van der Waals surface area contributed by atoms with Crippen LogP contribution in [0.4, 0.5) is 0 Å². The molecule has 1 saturated carbocycles. The summed E-state index contributed by atoms with van der Waals surface area (Å²) in [5.74, 6) is 0.390. The molecule has 1 aromatic heterocycles. The lowest BCUT2D eigenvalue weighted by molar-refractivity contribution is 0.0675. The van der Waals surface area contributed by atoms with Gasteiger partial charge >= 0.3 is 0 Å². The number of hydrogen-bond acceptors (Lipinski definition) is 5. The van der Waals surface area contributed by atoms with Crippen molar-refractivity contribution in [1.82, 2.24) is 9.88 Å². The summed E-state index contributed by atoms with van der Waals surface area (Å²) in [5.41, 5.74) is 0.417. The van der Waals surface area contributed by atoms with E-state index in [0.29, 0.717) is 24.5 Å². The molecule has 0 N–H and O–H groups in total. The molecule has 1 atom stereocenters. The molecule has 0 spiro atoms. The second-order valence-corrected chi connectivity index (χ2v) is 8.02. The Morgan fingerprint density at radius 1 is 1.36 bits per heavy atom. The molecule has 3 rings (SSSR count). The zero-order valence-corrected chi connectivity index (χ0v) is 13.4. The fraction of sp³-hybridized carbons (Fsp3) is 0.600. The number of nitrogens with zero attached hydrogens (tertiary/aromatic N) is 2. The molecule has 1 amide bonds. The number of hydrogen-bond donors (Lipinski definition) is 0. The van der Waals surface area contributed by atoms with E-state index in [1.807, 2.05) is 6.92 Å². The third kappa shape index (κ3) is 3.09. The predicted octanol–water partition coefficient (Wildman–Crippen LogP) is 1.27. The van der Waals surface area contributed by atoms with E-state index in [1.54, 1.807) is 23.2 Å². The maximum absolute atomic E-state index is 12.9. The van der Waals surface area contributed by atoms with Gasteiger partial charge in [-0.15, -0.1) is 0 Å². The van der Waals surface area contributed by atoms with Crippen LogP contribution in [0.1, 0.15) is 36.5 Å². The molecular formula is C15H20N2O4S. The van der Waals surface area contributed by atoms with E-state index in [1.165, 1.54) is 0 Å². The second-order valence-electron chi connectivity index (χ2n) is 5.79. The molecule has 0 unspecified atom stereocenters. The third-order valence-electron chi connectivity index (χ3n) is 4.06. The van der Waals surface area contributed by atoms with Crippen molar-refractivity contribution in [1.29, 1.82) is 0 Å². The quantitative estimate of drug-likeness (QED) is 0.815. The summed E-state index contributed by atoms with van der Waals surface area (Å²) in [6, 6.07) is 3.32. The van der Waals surface area contributed by atoms with Crippen LogP contribution >= 0.6 is 0 Å². The molecule has 6 nitrogen and oxygen atoms in total. The summed E-state index contributed by atoms with van der Waals surface area (Å²) in [5, 5.41) is 0. The molecule has 1 saturated heterocycles. The van der Waals surface area contributed by atoms with Crippen LogP contribution < -0.4 is 4.74 Å². The molecule has 2 aliphatic rings. The maximum atomic E-state index is 12.9. The average Bonchev–Trinajstić information content (AvgIpc) is 3.24. The van der Waals surface area contributed by atoms with E-state index in [2.05, 4.69) is 4.98 Å². The minimum Gasteiger partial charge on any atom is -0.477 e. The molecule has 1 aromatic rings. The Kier molecular flexibility index (Phi) is 4.08. The minimum absolute atomic E-state index is 0.0689. The molecule has 1 aliphatic carbocycles. The van der Waals surface area contributed by atoms with Gasteiger partial charge in [-0.1, -0.05) is 0 Å². The van der Waals surface area contributed by atoms with Crippen LogP contribution in [0.25, 0.3) is 0 Å². The van der Waals surface area contributed by atoms with Crippen LogP contribution in [0.3, 0.4) is 0 Å². The fourth-order valence-electron chi connectivity index (χ4n) is 2.92. The molecule has 2 heterocycles. The van der Waals surface area contributed by atoms with Crippen molar-refractivity contribution < 1.29 is 17.9 Å². The van der Waals surface area contributed by atoms with Crippen molar-refractivity contribution in [3.63, 3.8) is 0 Å². The average molecular weight is 324 g/mol. The van der Waals surface area contributed by atoms with Gasteiger partial charge in [0, 0.05) is 18.3 Å². The van der Waals surface area contributed by atoms with Gasteiger partial charge in [-0.25, -0.2) is 13.4 Å². The smallest absolute Gasteiger partial charge is 0.259 e. The highest BCUT2D eigenvalue weighted by Gasteiger charge is 2.43. The fourth-order valence-corrected chi connectivity index (χ4v) is 4.63. The van der Waals surface area contributed by atoms with Crippen LogP contribution in [0.2, 0.25) is 0 Å². The second kappa shape index (κ2) is 5.87. The normalized spacial score (nSPS) is 23.2. The number of sulfone groups is 1. The largest absolute Gasteiger partial charge is 0.477 e. The molecule has 0 bridgehead atoms. The number of amides is 1. The minimum atomic E-state index is -3.02. The summed E-state index contributed by atoms with van der Waals surface area (Å²) < 4.78 is 28.9. The summed E-state index contributed by atoms with van der Waals surface area (Å²) >= 11 is 0. The first-order valence-electron chi connectivity index (χ1n) is 7.62. The molecular weight excluding hydrogens is 304 g/mol. The molecule has 2 fully saturated rings. The van der Waals surface area contributed by atoms with Gasteiger partial charge in [0.2, 0.25) is 5.88 Å². The number of carbonyl (C=O) groups is 1. The zero-order valence-electron chi connectivity index (χ0n) is 12.6. The van der Waals surface area contributed by atoms with Gasteiger partial charge in [-0.2, -0.15) is 0 Å². The summed E-state index contributed by atoms with van der Waals surface area (Å²) in [6.45, 7) is 2.27. The van der Waals surface area contributed by atoms with Crippen LogP contribution in [0, 0.1) is 0 Å². The summed E-state index contributed by atoms with van der Waals surface area (Å²) in [7, 11) is -3.02. The highest BCUT2D eigenvalue weighted by molar-refractivity contribution is 7.91. The van der Waals surface area contributed by atoms with Crippen LogP contribution in [0.15, 0.2) is 18.3 Å². The number of rotatable bonds is 5. The van der Waals surface area contributed by atoms with Gasteiger partial charge in [0.05, 0.1) is 18.1 Å². The molecule has 7 heteroatoms. The molecule has 120 valence electrons. The van der Waals surface area contributed by atoms with E-state index >= 15 is 0 Å². The van der Waals surface area contributed by atoms with Crippen LogP contribution in [-0.4, -0.2) is 54.4 Å². The lowest BCUT2D eigenvalue weighted by Crippen LogP contribution is -2.43. The first-order valence-corrected chi connectivity index (χ1v) is 9.45. The van der Waals surface area contributed by atoms with Crippen molar-refractivity contribution in [2.45, 2.75) is 38.3 Å². The third-order valence-corrected chi connectivity index (χ3v) is 5.81. The van der Waals surface area contributed by atoms with Crippen LogP contribution in [-0.2, 0) is 9.84 Å². The van der Waals surface area contributed by atoms with E-state index in [0.717, 1.165) is 12.8 Å². The van der Waals surface area contributed by atoms with Crippen LogP contribution in [0.5, 0.6) is 5.88 Å². The zero-order chi connectivity index (χ0) is 15.7. The lowest BCUT2D eigenvalue weighted by Gasteiger charge is -2.28. The first-order chi connectivity index (χ1) is 10.5. The molecule has 0 radical (unpaired) electrons. The first kappa shape index (κ1) is 15.3. The Morgan fingerprint density at radius 2 is 2.14 bits per heavy atom. The maximum Gasteiger partial charge on any atom is 0.259 e. The Labute approximate surface area is 130 Å². The summed E-state index contributed by atoms with van der Waals surface area (Å²) in [4.78, 5) is 18.8. The lowest BCUT2D eigenvalue weighted by atomic mass is 10.1. The Bertz CT molecular complexity index is 670. The van der Waals surface area contributed by atoms with Gasteiger partial charge in [-0.05, 0) is 38.3 Å². The summed E-state index contributed by atoms with van der Waals surface area (Å²) in [6.07, 6.45) is 3.98. The van der Waals surface area contributed by atoms with Gasteiger partial charge in [-0.3, -0.25) is 4.79 Å². The predicted molar refractivity (Wildman–Crippen MR) is 81.7 cm³/mol. The molecule has 22 heavy (non-hydrogen) atoms. The van der Waals surface area contributed by atoms with Crippen molar-refractivity contribution >= 4 is 15.7 Å². The van der Waals surface area contributed by atoms with Crippen molar-refractivity contribution in [3.05, 3.63) is 23.9 Å². The van der Waals surface area contributed by atoms with Gasteiger partial charge in [0.1, 0.15) is 5.56 Å². The molecule has 1 aliphatic heterocycles. The standard InChI is InChI=1S/C15H20N2O4S/c1-2-21-14-13(4-3-8-16-14)15(18)17(11-5-6-11)12-7-9-22(19,20)10-12/h3-4,8,11-12H,2,5-7,9-10H2,1H3/t12-/m1/s1. The van der Waals surface area contributed by atoms with E-state index in [9.17, 15) is 13.2 Å². The Hall–Kier alpha value is -1.63. The van der Waals surface area contributed by atoms with Gasteiger partial charge < -0.3 is 9.64 Å². The highest BCUT2D eigenvalue weighted by atomic mass is 32.2. The molecule has 0 aromatic carbocycles. The number of aromatic nitrogens is 1. The van der Waals surface area contributed by atoms with Crippen molar-refractivity contribution in [3.8, 4) is 5.88 Å². The Balaban J connectivity index is 1.88. The van der Waals surface area contributed by atoms with E-state index < -0.39 is 9.84 Å². The number of carbonyl (C=O) groups excluding carboxylic acids is 1. The SMILES string of the molecule is CCOc1ncccc1C(=O)N(C1CC1)[C@@H]1CCS(=O)(=O)C1. The van der Waals surface area contributed by atoms with Crippen molar-refractivity contribution in [2.24, 2.45) is 0 Å². The monoisotopic (exact) mass is 324 g/mol. The topological polar surface area (TPSA) is 76.6 Å². The van der Waals surface area contributed by atoms with Crippen molar-refractivity contribution in [2.75, 3.05) is 18.1 Å². The Morgan fingerprint density at radius 3 is 2.73 bits per heavy atom.